The summed E-state index contributed by atoms with van der Waals surface area (Å²) in [5.41, 5.74) is 0.459. The number of ketones is 1. The second-order valence-corrected chi connectivity index (χ2v) is 4.77. The van der Waals surface area contributed by atoms with Crippen LogP contribution in [0.25, 0.3) is 0 Å². The van der Waals surface area contributed by atoms with Crippen molar-refractivity contribution in [2.75, 3.05) is 13.2 Å². The van der Waals surface area contributed by atoms with Crippen molar-refractivity contribution in [3.63, 3.8) is 0 Å². The van der Waals surface area contributed by atoms with Gasteiger partial charge in [-0.25, -0.2) is 0 Å². The summed E-state index contributed by atoms with van der Waals surface area (Å²) in [6.07, 6.45) is -0.151. The van der Waals surface area contributed by atoms with Crippen molar-refractivity contribution in [1.82, 2.24) is 0 Å². The third-order valence-corrected chi connectivity index (χ3v) is 2.93. The van der Waals surface area contributed by atoms with Gasteiger partial charge in [0, 0.05) is 12.0 Å². The van der Waals surface area contributed by atoms with Crippen LogP contribution in [0.3, 0.4) is 0 Å². The lowest BCUT2D eigenvalue weighted by Crippen LogP contribution is -2.26. The Bertz CT molecular complexity index is 439. The molecule has 98 valence electrons. The van der Waals surface area contributed by atoms with Crippen LogP contribution in [0.4, 0.5) is 0 Å². The SMILES string of the molecule is CC(C)C(O)C(=O)c1ccc2c(c1)OCCCO2. The Morgan fingerprint density at radius 1 is 1.22 bits per heavy atom. The average Bonchev–Trinajstić information content (AvgIpc) is 2.60. The number of Topliss-reactive ketones (excluding diaryl/α,β-unsaturated/α-hetero) is 1. The molecule has 0 spiro atoms. The maximum Gasteiger partial charge on any atom is 0.191 e. The van der Waals surface area contributed by atoms with Crippen LogP contribution in [0.1, 0.15) is 30.6 Å². The van der Waals surface area contributed by atoms with E-state index in [0.717, 1.165) is 6.42 Å². The molecule has 1 N–H and O–H groups in total. The quantitative estimate of drug-likeness (QED) is 0.834. The number of rotatable bonds is 3. The van der Waals surface area contributed by atoms with E-state index in [2.05, 4.69) is 0 Å². The van der Waals surface area contributed by atoms with Gasteiger partial charge in [0.2, 0.25) is 0 Å². The molecule has 1 heterocycles. The van der Waals surface area contributed by atoms with E-state index in [1.165, 1.54) is 0 Å². The second kappa shape index (κ2) is 5.40. The van der Waals surface area contributed by atoms with Crippen molar-refractivity contribution in [1.29, 1.82) is 0 Å². The maximum atomic E-state index is 12.0. The molecule has 0 aliphatic carbocycles. The molecule has 1 aliphatic rings. The molecule has 1 aliphatic heterocycles. The fourth-order valence-corrected chi connectivity index (χ4v) is 1.79. The van der Waals surface area contributed by atoms with Crippen LogP contribution in [-0.2, 0) is 0 Å². The molecule has 1 aromatic carbocycles. The summed E-state index contributed by atoms with van der Waals surface area (Å²) < 4.78 is 11.0. The highest BCUT2D eigenvalue weighted by molar-refractivity contribution is 6.00. The number of aliphatic hydroxyl groups is 1. The van der Waals surface area contributed by atoms with Gasteiger partial charge < -0.3 is 14.6 Å². The van der Waals surface area contributed by atoms with Crippen molar-refractivity contribution in [2.45, 2.75) is 26.4 Å². The molecule has 1 aromatic rings. The summed E-state index contributed by atoms with van der Waals surface area (Å²) in [6, 6.07) is 5.04. The Morgan fingerprint density at radius 2 is 1.89 bits per heavy atom. The number of hydrogen-bond donors (Lipinski definition) is 1. The van der Waals surface area contributed by atoms with Gasteiger partial charge in [-0.05, 0) is 24.1 Å². The van der Waals surface area contributed by atoms with Crippen molar-refractivity contribution in [3.8, 4) is 11.5 Å². The average molecular weight is 250 g/mol. The molecule has 0 fully saturated rings. The highest BCUT2D eigenvalue weighted by Crippen LogP contribution is 2.31. The fourth-order valence-electron chi connectivity index (χ4n) is 1.79. The fraction of sp³-hybridized carbons (Fsp3) is 0.500. The maximum absolute atomic E-state index is 12.0. The second-order valence-electron chi connectivity index (χ2n) is 4.77. The van der Waals surface area contributed by atoms with Crippen LogP contribution in [0.5, 0.6) is 11.5 Å². The number of hydrogen-bond acceptors (Lipinski definition) is 4. The van der Waals surface area contributed by atoms with Gasteiger partial charge in [-0.1, -0.05) is 13.8 Å². The molecule has 0 radical (unpaired) electrons. The van der Waals surface area contributed by atoms with E-state index in [1.54, 1.807) is 18.2 Å². The molecule has 4 nitrogen and oxygen atoms in total. The predicted octanol–water partition coefficient (Wildman–Crippen LogP) is 2.05. The zero-order chi connectivity index (χ0) is 13.1. The minimum Gasteiger partial charge on any atom is -0.490 e. The van der Waals surface area contributed by atoms with Gasteiger partial charge in [0.1, 0.15) is 6.10 Å². The van der Waals surface area contributed by atoms with Crippen molar-refractivity contribution in [3.05, 3.63) is 23.8 Å². The first-order valence-electron chi connectivity index (χ1n) is 6.21. The largest absolute Gasteiger partial charge is 0.490 e. The molecule has 0 bridgehead atoms. The minimum atomic E-state index is -0.977. The van der Waals surface area contributed by atoms with Gasteiger partial charge in [0.25, 0.3) is 0 Å². The molecule has 0 saturated carbocycles. The minimum absolute atomic E-state index is 0.103. The van der Waals surface area contributed by atoms with E-state index in [0.29, 0.717) is 30.3 Å². The summed E-state index contributed by atoms with van der Waals surface area (Å²) in [4.78, 5) is 12.0. The monoisotopic (exact) mass is 250 g/mol. The first-order valence-corrected chi connectivity index (χ1v) is 6.21. The topological polar surface area (TPSA) is 55.8 Å². The van der Waals surface area contributed by atoms with Gasteiger partial charge in [-0.2, -0.15) is 0 Å². The number of ether oxygens (including phenoxy) is 2. The summed E-state index contributed by atoms with van der Waals surface area (Å²) in [7, 11) is 0. The van der Waals surface area contributed by atoms with Gasteiger partial charge in [0.05, 0.1) is 13.2 Å². The van der Waals surface area contributed by atoms with E-state index >= 15 is 0 Å². The van der Waals surface area contributed by atoms with Crippen LogP contribution < -0.4 is 9.47 Å². The lowest BCUT2D eigenvalue weighted by Gasteiger charge is -2.14. The molecule has 1 atom stereocenters. The normalized spacial score (nSPS) is 16.2. The molecule has 18 heavy (non-hydrogen) atoms. The van der Waals surface area contributed by atoms with E-state index in [1.807, 2.05) is 13.8 Å². The summed E-state index contributed by atoms with van der Waals surface area (Å²) >= 11 is 0. The molecule has 1 unspecified atom stereocenters. The first-order chi connectivity index (χ1) is 8.59. The molecular weight excluding hydrogens is 232 g/mol. The van der Waals surface area contributed by atoms with E-state index < -0.39 is 6.10 Å². The number of aliphatic hydroxyl groups excluding tert-OH is 1. The number of fused-ring (bicyclic) bond motifs is 1. The Kier molecular flexibility index (Phi) is 3.87. The van der Waals surface area contributed by atoms with Crippen LogP contribution in [0, 0.1) is 5.92 Å². The van der Waals surface area contributed by atoms with Gasteiger partial charge in [0.15, 0.2) is 17.3 Å². The molecule has 4 heteroatoms. The summed E-state index contributed by atoms with van der Waals surface area (Å²) in [5.74, 6) is 0.853. The highest BCUT2D eigenvalue weighted by Gasteiger charge is 2.22. The van der Waals surface area contributed by atoms with Crippen LogP contribution in [0.2, 0.25) is 0 Å². The number of carbonyl (C=O) groups is 1. The van der Waals surface area contributed by atoms with Crippen molar-refractivity contribution in [2.24, 2.45) is 5.92 Å². The highest BCUT2D eigenvalue weighted by atomic mass is 16.5. The molecule has 2 rings (SSSR count). The molecule has 0 amide bonds. The van der Waals surface area contributed by atoms with E-state index in [9.17, 15) is 9.90 Å². The van der Waals surface area contributed by atoms with E-state index in [4.69, 9.17) is 9.47 Å². The van der Waals surface area contributed by atoms with Crippen LogP contribution in [-0.4, -0.2) is 30.2 Å². The number of carbonyl (C=O) groups excluding carboxylic acids is 1. The van der Waals surface area contributed by atoms with Gasteiger partial charge in [-0.15, -0.1) is 0 Å². The lowest BCUT2D eigenvalue weighted by molar-refractivity contribution is 0.0647. The first kappa shape index (κ1) is 12.9. The smallest absolute Gasteiger partial charge is 0.191 e. The Morgan fingerprint density at radius 3 is 2.56 bits per heavy atom. The zero-order valence-corrected chi connectivity index (χ0v) is 10.7. The molecular formula is C14H18O4. The Labute approximate surface area is 107 Å². The van der Waals surface area contributed by atoms with Crippen molar-refractivity contribution >= 4 is 5.78 Å². The summed E-state index contributed by atoms with van der Waals surface area (Å²) in [5, 5.41) is 9.79. The zero-order valence-electron chi connectivity index (χ0n) is 10.7. The van der Waals surface area contributed by atoms with Gasteiger partial charge >= 0.3 is 0 Å². The predicted molar refractivity (Wildman–Crippen MR) is 67.2 cm³/mol. The molecule has 0 aromatic heterocycles. The standard InChI is InChI=1S/C14H18O4/c1-9(2)13(15)14(16)10-4-5-11-12(8-10)18-7-3-6-17-11/h4-5,8-9,13,15H,3,6-7H2,1-2H3. The van der Waals surface area contributed by atoms with Crippen LogP contribution in [0.15, 0.2) is 18.2 Å². The van der Waals surface area contributed by atoms with Gasteiger partial charge in [-0.3, -0.25) is 4.79 Å². The van der Waals surface area contributed by atoms with Crippen LogP contribution >= 0.6 is 0 Å². The summed E-state index contributed by atoms with van der Waals surface area (Å²) in [6.45, 7) is 4.82. The Hall–Kier alpha value is -1.55. The third-order valence-electron chi connectivity index (χ3n) is 2.93. The third kappa shape index (κ3) is 2.64. The lowest BCUT2D eigenvalue weighted by atomic mass is 9.97. The molecule has 0 saturated heterocycles. The Balaban J connectivity index is 2.25. The number of benzene rings is 1. The van der Waals surface area contributed by atoms with Crippen molar-refractivity contribution < 1.29 is 19.4 Å². The van der Waals surface area contributed by atoms with E-state index in [-0.39, 0.29) is 11.7 Å².